The van der Waals surface area contributed by atoms with Gasteiger partial charge in [0.1, 0.15) is 11.6 Å². The Balaban J connectivity index is 1.96. The Morgan fingerprint density at radius 3 is 2.83 bits per heavy atom. The van der Waals surface area contributed by atoms with Gasteiger partial charge in [-0.05, 0) is 36.8 Å². The predicted octanol–water partition coefficient (Wildman–Crippen LogP) is 2.78. The van der Waals surface area contributed by atoms with Crippen LogP contribution in [-0.4, -0.2) is 10.1 Å². The molecule has 1 atom stereocenters. The second-order valence-electron chi connectivity index (χ2n) is 4.17. The molecular formula is C14H15FN2O. The molecule has 0 spiro atoms. The molecule has 0 fully saturated rings. The minimum absolute atomic E-state index is 0.0382. The van der Waals surface area contributed by atoms with E-state index >= 15 is 0 Å². The summed E-state index contributed by atoms with van der Waals surface area (Å²) in [6, 6.07) is 9.90. The van der Waals surface area contributed by atoms with Gasteiger partial charge in [0.15, 0.2) is 0 Å². The summed E-state index contributed by atoms with van der Waals surface area (Å²) < 4.78 is 13.1. The van der Waals surface area contributed by atoms with Gasteiger partial charge in [-0.15, -0.1) is 0 Å². The number of pyridine rings is 1. The second-order valence-corrected chi connectivity index (χ2v) is 4.17. The Labute approximate surface area is 105 Å². The summed E-state index contributed by atoms with van der Waals surface area (Å²) in [5.41, 5.74) is 1.73. The minimum Gasteiger partial charge on any atom is -0.506 e. The molecule has 1 aromatic heterocycles. The van der Waals surface area contributed by atoms with Gasteiger partial charge in [-0.25, -0.2) is 4.39 Å². The average Bonchev–Trinajstić information content (AvgIpc) is 2.38. The van der Waals surface area contributed by atoms with E-state index in [2.05, 4.69) is 10.3 Å². The molecule has 2 N–H and O–H groups in total. The fraction of sp³-hybridized carbons (Fsp3) is 0.214. The minimum atomic E-state index is -0.232. The van der Waals surface area contributed by atoms with E-state index in [4.69, 9.17) is 5.11 Å². The zero-order chi connectivity index (χ0) is 13.0. The highest BCUT2D eigenvalue weighted by Gasteiger charge is 2.06. The fourth-order valence-electron chi connectivity index (χ4n) is 1.67. The van der Waals surface area contributed by atoms with Crippen molar-refractivity contribution in [3.05, 3.63) is 59.7 Å². The highest BCUT2D eigenvalue weighted by molar-refractivity contribution is 5.20. The molecule has 4 heteroatoms. The molecule has 0 saturated carbocycles. The lowest BCUT2D eigenvalue weighted by molar-refractivity contribution is 0.471. The number of hydrogen-bond donors (Lipinski definition) is 2. The summed E-state index contributed by atoms with van der Waals surface area (Å²) in [7, 11) is 0. The van der Waals surface area contributed by atoms with Crippen LogP contribution in [0.25, 0.3) is 0 Å². The van der Waals surface area contributed by atoms with E-state index in [9.17, 15) is 4.39 Å². The van der Waals surface area contributed by atoms with E-state index in [1.165, 1.54) is 18.3 Å². The maximum absolute atomic E-state index is 13.1. The van der Waals surface area contributed by atoms with Crippen LogP contribution >= 0.6 is 0 Å². The molecule has 0 aliphatic rings. The quantitative estimate of drug-likeness (QED) is 0.872. The van der Waals surface area contributed by atoms with E-state index in [-0.39, 0.29) is 17.6 Å². The highest BCUT2D eigenvalue weighted by atomic mass is 19.1. The van der Waals surface area contributed by atoms with Crippen molar-refractivity contribution >= 4 is 0 Å². The summed E-state index contributed by atoms with van der Waals surface area (Å²) >= 11 is 0. The third-order valence-electron chi connectivity index (χ3n) is 2.75. The van der Waals surface area contributed by atoms with Gasteiger partial charge in [-0.3, -0.25) is 4.98 Å². The van der Waals surface area contributed by atoms with Crippen molar-refractivity contribution in [1.82, 2.24) is 10.3 Å². The predicted molar refractivity (Wildman–Crippen MR) is 67.6 cm³/mol. The number of aromatic hydroxyl groups is 1. The monoisotopic (exact) mass is 246 g/mol. The molecule has 0 unspecified atom stereocenters. The smallest absolute Gasteiger partial charge is 0.133 e. The summed E-state index contributed by atoms with van der Waals surface area (Å²) in [5.74, 6) is -0.0826. The van der Waals surface area contributed by atoms with E-state index in [1.807, 2.05) is 13.0 Å². The van der Waals surface area contributed by atoms with Gasteiger partial charge in [0.05, 0.1) is 11.9 Å². The van der Waals surface area contributed by atoms with Gasteiger partial charge in [0.25, 0.3) is 0 Å². The third kappa shape index (κ3) is 3.28. The Bertz CT molecular complexity index is 513. The summed E-state index contributed by atoms with van der Waals surface area (Å²) in [4.78, 5) is 4.07. The Morgan fingerprint density at radius 1 is 1.33 bits per heavy atom. The van der Waals surface area contributed by atoms with Crippen LogP contribution in [0.5, 0.6) is 5.75 Å². The number of aromatic nitrogens is 1. The van der Waals surface area contributed by atoms with E-state index < -0.39 is 0 Å². The van der Waals surface area contributed by atoms with Gasteiger partial charge in [0, 0.05) is 12.6 Å². The molecule has 0 saturated heterocycles. The first-order chi connectivity index (χ1) is 8.65. The van der Waals surface area contributed by atoms with Crippen molar-refractivity contribution in [1.29, 1.82) is 0 Å². The lowest BCUT2D eigenvalue weighted by Crippen LogP contribution is -2.18. The van der Waals surface area contributed by atoms with Crippen LogP contribution in [0, 0.1) is 5.82 Å². The molecule has 18 heavy (non-hydrogen) atoms. The van der Waals surface area contributed by atoms with Crippen LogP contribution < -0.4 is 5.32 Å². The Kier molecular flexibility index (Phi) is 3.89. The summed E-state index contributed by atoms with van der Waals surface area (Å²) in [6.07, 6.45) is 1.41. The van der Waals surface area contributed by atoms with Crippen LogP contribution in [0.15, 0.2) is 42.6 Å². The second kappa shape index (κ2) is 5.60. The summed E-state index contributed by atoms with van der Waals surface area (Å²) in [6.45, 7) is 2.53. The lowest BCUT2D eigenvalue weighted by atomic mass is 10.1. The van der Waals surface area contributed by atoms with E-state index in [0.29, 0.717) is 6.54 Å². The van der Waals surface area contributed by atoms with Crippen molar-refractivity contribution in [3.8, 4) is 5.75 Å². The van der Waals surface area contributed by atoms with Crippen molar-refractivity contribution in [2.75, 3.05) is 0 Å². The molecule has 3 nitrogen and oxygen atoms in total. The van der Waals surface area contributed by atoms with Crippen LogP contribution in [0.2, 0.25) is 0 Å². The largest absolute Gasteiger partial charge is 0.506 e. The van der Waals surface area contributed by atoms with E-state index in [0.717, 1.165) is 11.3 Å². The molecule has 0 aliphatic carbocycles. The van der Waals surface area contributed by atoms with Crippen LogP contribution in [-0.2, 0) is 6.54 Å². The van der Waals surface area contributed by atoms with Gasteiger partial charge >= 0.3 is 0 Å². The third-order valence-corrected chi connectivity index (χ3v) is 2.75. The van der Waals surface area contributed by atoms with Crippen molar-refractivity contribution in [2.24, 2.45) is 0 Å². The van der Waals surface area contributed by atoms with Crippen molar-refractivity contribution < 1.29 is 9.50 Å². The molecule has 1 aromatic carbocycles. The molecule has 0 amide bonds. The van der Waals surface area contributed by atoms with Gasteiger partial charge < -0.3 is 10.4 Å². The average molecular weight is 246 g/mol. The molecule has 0 radical (unpaired) electrons. The maximum atomic E-state index is 13.1. The maximum Gasteiger partial charge on any atom is 0.133 e. The highest BCUT2D eigenvalue weighted by Crippen LogP contribution is 2.14. The first-order valence-electron chi connectivity index (χ1n) is 5.78. The number of hydrogen-bond acceptors (Lipinski definition) is 3. The molecule has 2 rings (SSSR count). The number of rotatable bonds is 4. The van der Waals surface area contributed by atoms with Crippen molar-refractivity contribution in [3.63, 3.8) is 0 Å². The number of halogens is 1. The molecule has 94 valence electrons. The Morgan fingerprint density at radius 2 is 2.17 bits per heavy atom. The fourth-order valence-corrected chi connectivity index (χ4v) is 1.67. The van der Waals surface area contributed by atoms with Crippen LogP contribution in [0.3, 0.4) is 0 Å². The first-order valence-corrected chi connectivity index (χ1v) is 5.78. The normalized spacial score (nSPS) is 12.3. The molecule has 0 bridgehead atoms. The van der Waals surface area contributed by atoms with Crippen LogP contribution in [0.4, 0.5) is 4.39 Å². The number of nitrogens with zero attached hydrogens (tertiary/aromatic N) is 1. The molecular weight excluding hydrogens is 231 g/mol. The van der Waals surface area contributed by atoms with Crippen molar-refractivity contribution in [2.45, 2.75) is 19.5 Å². The topological polar surface area (TPSA) is 45.1 Å². The number of benzene rings is 1. The van der Waals surface area contributed by atoms with E-state index in [1.54, 1.807) is 18.2 Å². The Hall–Kier alpha value is -1.94. The summed E-state index contributed by atoms with van der Waals surface area (Å²) in [5, 5.41) is 12.4. The lowest BCUT2D eigenvalue weighted by Gasteiger charge is -2.14. The SMILES string of the molecule is C[C@H](NCc1ccc(O)cn1)c1cccc(F)c1. The van der Waals surface area contributed by atoms with Crippen LogP contribution in [0.1, 0.15) is 24.2 Å². The molecule has 2 aromatic rings. The first kappa shape index (κ1) is 12.5. The molecule has 0 aliphatic heterocycles. The number of nitrogens with one attached hydrogen (secondary N) is 1. The zero-order valence-electron chi connectivity index (χ0n) is 10.1. The van der Waals surface area contributed by atoms with Gasteiger partial charge in [0.2, 0.25) is 0 Å². The molecule has 1 heterocycles. The standard InChI is InChI=1S/C14H15FN2O/c1-10(11-3-2-4-12(15)7-11)16-8-13-5-6-14(18)9-17-13/h2-7,9-10,16,18H,8H2,1H3/t10-/m0/s1. The zero-order valence-corrected chi connectivity index (χ0v) is 10.1. The van der Waals surface area contributed by atoms with Gasteiger partial charge in [-0.1, -0.05) is 12.1 Å². The van der Waals surface area contributed by atoms with Gasteiger partial charge in [-0.2, -0.15) is 0 Å².